The summed E-state index contributed by atoms with van der Waals surface area (Å²) in [5.74, 6) is -0.885. The Morgan fingerprint density at radius 1 is 0.564 bits per heavy atom. The maximum absolute atomic E-state index is 12.6. The lowest BCUT2D eigenvalue weighted by Crippen LogP contribution is -2.37. The molecule has 0 aromatic heterocycles. The van der Waals surface area contributed by atoms with E-state index in [9.17, 15) is 19.0 Å². The molecule has 0 saturated carbocycles. The van der Waals surface area contributed by atoms with Gasteiger partial charge in [0.1, 0.15) is 19.8 Å². The van der Waals surface area contributed by atoms with E-state index in [1.807, 2.05) is 33.3 Å². The molecule has 2 atom stereocenters. The number of carbonyl (C=O) groups excluding carboxylic acids is 2. The van der Waals surface area contributed by atoms with E-state index < -0.39 is 26.5 Å². The molecule has 9 nitrogen and oxygen atoms in total. The SMILES string of the molecule is CCCCCCCC/C=C/C/C=C/CCC(=O)OC(COC(=O)CCCCCCC/C=C/CCCCCCCCCCC)COP(=O)(O)OCC[N+](C)(C)C. The van der Waals surface area contributed by atoms with Gasteiger partial charge in [-0.1, -0.05) is 153 Å². The Balaban J connectivity index is 4.40. The van der Waals surface area contributed by atoms with Crippen LogP contribution in [0.2, 0.25) is 0 Å². The Morgan fingerprint density at radius 3 is 1.53 bits per heavy atom. The van der Waals surface area contributed by atoms with Gasteiger partial charge in [-0.2, -0.15) is 0 Å². The normalized spacial score (nSPS) is 13.9. The Bertz CT molecular complexity index is 1040. The van der Waals surface area contributed by atoms with Crippen LogP contribution in [0, 0.1) is 0 Å². The van der Waals surface area contributed by atoms with Crippen molar-refractivity contribution in [3.05, 3.63) is 36.5 Å². The van der Waals surface area contributed by atoms with Crippen LogP contribution in [-0.2, 0) is 32.7 Å². The van der Waals surface area contributed by atoms with Crippen LogP contribution in [-0.4, -0.2) is 74.9 Å². The summed E-state index contributed by atoms with van der Waals surface area (Å²) in [4.78, 5) is 35.3. The zero-order valence-corrected chi connectivity index (χ0v) is 37.1. The number of hydrogen-bond acceptors (Lipinski definition) is 7. The second-order valence-electron chi connectivity index (χ2n) is 16.1. The molecular weight excluding hydrogens is 713 g/mol. The summed E-state index contributed by atoms with van der Waals surface area (Å²) in [7, 11) is 1.44. The summed E-state index contributed by atoms with van der Waals surface area (Å²) in [6.45, 7) is 4.34. The first-order valence-electron chi connectivity index (χ1n) is 22.2. The van der Waals surface area contributed by atoms with Crippen molar-refractivity contribution in [1.29, 1.82) is 0 Å². The maximum atomic E-state index is 12.6. The second-order valence-corrected chi connectivity index (χ2v) is 17.5. The van der Waals surface area contributed by atoms with Crippen LogP contribution in [0.25, 0.3) is 0 Å². The highest BCUT2D eigenvalue weighted by molar-refractivity contribution is 7.47. The molecule has 0 amide bonds. The van der Waals surface area contributed by atoms with Gasteiger partial charge in [-0.05, 0) is 57.8 Å². The Morgan fingerprint density at radius 2 is 1.02 bits per heavy atom. The van der Waals surface area contributed by atoms with Gasteiger partial charge in [0.25, 0.3) is 0 Å². The van der Waals surface area contributed by atoms with E-state index in [2.05, 4.69) is 38.2 Å². The summed E-state index contributed by atoms with van der Waals surface area (Å²) in [5, 5.41) is 0. The topological polar surface area (TPSA) is 108 Å². The lowest BCUT2D eigenvalue weighted by Gasteiger charge is -2.24. The van der Waals surface area contributed by atoms with Gasteiger partial charge in [-0.15, -0.1) is 0 Å². The summed E-state index contributed by atoms with van der Waals surface area (Å²) in [6.07, 6.45) is 42.1. The predicted molar refractivity (Wildman–Crippen MR) is 229 cm³/mol. The highest BCUT2D eigenvalue weighted by Crippen LogP contribution is 2.43. The molecule has 10 heteroatoms. The van der Waals surface area contributed by atoms with E-state index >= 15 is 0 Å². The van der Waals surface area contributed by atoms with Crippen LogP contribution in [0.15, 0.2) is 36.5 Å². The average Bonchev–Trinajstić information content (AvgIpc) is 3.13. The van der Waals surface area contributed by atoms with Crippen LogP contribution in [0.4, 0.5) is 0 Å². The molecule has 1 N–H and O–H groups in total. The molecule has 55 heavy (non-hydrogen) atoms. The van der Waals surface area contributed by atoms with Crippen LogP contribution in [0.5, 0.6) is 0 Å². The van der Waals surface area contributed by atoms with Gasteiger partial charge in [0.2, 0.25) is 0 Å². The molecule has 0 bridgehead atoms. The first kappa shape index (κ1) is 53.2. The van der Waals surface area contributed by atoms with Gasteiger partial charge < -0.3 is 18.9 Å². The fourth-order valence-electron chi connectivity index (χ4n) is 5.88. The van der Waals surface area contributed by atoms with Crippen molar-refractivity contribution in [3.63, 3.8) is 0 Å². The van der Waals surface area contributed by atoms with Gasteiger partial charge in [-0.3, -0.25) is 18.6 Å². The van der Waals surface area contributed by atoms with Gasteiger partial charge in [0, 0.05) is 12.8 Å². The number of esters is 2. The number of nitrogens with zero attached hydrogens (tertiary/aromatic N) is 1. The molecule has 0 aliphatic rings. The van der Waals surface area contributed by atoms with Crippen molar-refractivity contribution in [2.24, 2.45) is 0 Å². The Labute approximate surface area is 338 Å². The number of phosphoric ester groups is 1. The van der Waals surface area contributed by atoms with E-state index in [-0.39, 0.29) is 32.0 Å². The standard InChI is InChI=1S/C45H84NO8P/c1-6-8-10-12-14-16-18-20-21-22-23-24-26-27-29-31-33-35-37-44(47)51-41-43(42-53-55(49,50)52-40-39-46(3,4)5)54-45(48)38-36-34-32-30-28-25-19-17-15-13-11-9-7-2/h23-25,28,32,34,43H,6-22,26-27,29-31,33,35-42H2,1-5H3/p+1/b24-23+,28-25+,34-32+. The molecule has 0 aromatic rings. The molecule has 0 heterocycles. The fraction of sp³-hybridized carbons (Fsp3) is 0.822. The Kier molecular flexibility index (Phi) is 36.6. The highest BCUT2D eigenvalue weighted by Gasteiger charge is 2.27. The quantitative estimate of drug-likeness (QED) is 0.0215. The predicted octanol–water partition coefficient (Wildman–Crippen LogP) is 12.5. The maximum Gasteiger partial charge on any atom is 0.472 e. The zero-order valence-electron chi connectivity index (χ0n) is 36.2. The zero-order chi connectivity index (χ0) is 40.7. The minimum absolute atomic E-state index is 0.0212. The van der Waals surface area contributed by atoms with Gasteiger partial charge >= 0.3 is 19.8 Å². The van der Waals surface area contributed by atoms with Gasteiger partial charge in [0.15, 0.2) is 6.10 Å². The number of unbranched alkanes of at least 4 members (excludes halogenated alkanes) is 20. The largest absolute Gasteiger partial charge is 0.472 e. The lowest BCUT2D eigenvalue weighted by atomic mass is 10.1. The molecule has 0 aliphatic carbocycles. The van der Waals surface area contributed by atoms with Crippen molar-refractivity contribution in [1.82, 2.24) is 0 Å². The number of hydrogen-bond donors (Lipinski definition) is 1. The molecule has 0 aliphatic heterocycles. The first-order valence-corrected chi connectivity index (χ1v) is 23.7. The molecule has 0 radical (unpaired) electrons. The van der Waals surface area contributed by atoms with Crippen LogP contribution < -0.4 is 0 Å². The van der Waals surface area contributed by atoms with Gasteiger partial charge in [0.05, 0.1) is 27.7 Å². The molecule has 0 fully saturated rings. The molecule has 0 aromatic carbocycles. The molecule has 0 rings (SSSR count). The van der Waals surface area contributed by atoms with Gasteiger partial charge in [-0.25, -0.2) is 4.57 Å². The number of carbonyl (C=O) groups is 2. The number of likely N-dealkylation sites (N-methyl/N-ethyl adjacent to an activating group) is 1. The van der Waals surface area contributed by atoms with E-state index in [4.69, 9.17) is 18.5 Å². The summed E-state index contributed by atoms with van der Waals surface area (Å²) < 4.78 is 34.2. The van der Waals surface area contributed by atoms with Crippen molar-refractivity contribution in [2.45, 2.75) is 193 Å². The molecule has 322 valence electrons. The minimum Gasteiger partial charge on any atom is -0.462 e. The third kappa shape index (κ3) is 41.7. The number of ether oxygens (including phenoxy) is 2. The van der Waals surface area contributed by atoms with E-state index in [0.29, 0.717) is 17.4 Å². The van der Waals surface area contributed by atoms with Crippen molar-refractivity contribution >= 4 is 19.8 Å². The molecular formula is C45H85NO8P+. The minimum atomic E-state index is -4.39. The Hall–Kier alpha value is -1.77. The number of quaternary nitrogens is 1. The van der Waals surface area contributed by atoms with Crippen LogP contribution >= 0.6 is 7.82 Å². The summed E-state index contributed by atoms with van der Waals surface area (Å²) in [6, 6.07) is 0. The number of rotatable bonds is 40. The molecule has 0 spiro atoms. The average molecular weight is 799 g/mol. The highest BCUT2D eigenvalue weighted by atomic mass is 31.2. The second kappa shape index (κ2) is 37.8. The van der Waals surface area contributed by atoms with E-state index in [1.165, 1.54) is 103 Å². The van der Waals surface area contributed by atoms with E-state index in [1.54, 1.807) is 0 Å². The lowest BCUT2D eigenvalue weighted by molar-refractivity contribution is -0.870. The number of phosphoric acid groups is 1. The number of allylic oxidation sites excluding steroid dienone is 6. The third-order valence-corrected chi connectivity index (χ3v) is 10.4. The summed E-state index contributed by atoms with van der Waals surface area (Å²) in [5.41, 5.74) is 0. The van der Waals surface area contributed by atoms with Crippen LogP contribution in [0.3, 0.4) is 0 Å². The molecule has 0 saturated heterocycles. The first-order chi connectivity index (χ1) is 26.5. The summed E-state index contributed by atoms with van der Waals surface area (Å²) >= 11 is 0. The third-order valence-electron chi connectivity index (χ3n) is 9.41. The van der Waals surface area contributed by atoms with Crippen molar-refractivity contribution in [3.8, 4) is 0 Å². The smallest absolute Gasteiger partial charge is 0.462 e. The van der Waals surface area contributed by atoms with Crippen molar-refractivity contribution < 1.29 is 42.1 Å². The molecule has 2 unspecified atom stereocenters. The fourth-order valence-corrected chi connectivity index (χ4v) is 6.63. The monoisotopic (exact) mass is 799 g/mol. The van der Waals surface area contributed by atoms with Crippen molar-refractivity contribution in [2.75, 3.05) is 47.5 Å². The van der Waals surface area contributed by atoms with E-state index in [0.717, 1.165) is 51.4 Å². The van der Waals surface area contributed by atoms with Crippen LogP contribution in [0.1, 0.15) is 187 Å².